The van der Waals surface area contributed by atoms with E-state index >= 15 is 0 Å². The zero-order chi connectivity index (χ0) is 18.2. The van der Waals surface area contributed by atoms with Crippen LogP contribution in [-0.2, 0) is 19.5 Å². The van der Waals surface area contributed by atoms with Crippen molar-refractivity contribution in [2.24, 2.45) is 4.99 Å². The molecule has 0 aliphatic carbocycles. The second-order valence-electron chi connectivity index (χ2n) is 6.56. The van der Waals surface area contributed by atoms with Crippen LogP contribution < -0.4 is 10.6 Å². The van der Waals surface area contributed by atoms with Crippen LogP contribution in [0.2, 0.25) is 0 Å². The molecule has 6 heteroatoms. The maximum atomic E-state index is 10.4. The summed E-state index contributed by atoms with van der Waals surface area (Å²) >= 11 is 0. The molecule has 1 aromatic carbocycles. The Morgan fingerprint density at radius 3 is 2.85 bits per heavy atom. The van der Waals surface area contributed by atoms with Crippen molar-refractivity contribution in [3.63, 3.8) is 0 Å². The lowest BCUT2D eigenvalue weighted by Crippen LogP contribution is -2.45. The van der Waals surface area contributed by atoms with E-state index in [1.165, 1.54) is 11.1 Å². The molecule has 1 aliphatic rings. The molecule has 1 aromatic heterocycles. The molecule has 0 saturated heterocycles. The first-order chi connectivity index (χ1) is 12.7. The van der Waals surface area contributed by atoms with E-state index in [-0.39, 0.29) is 0 Å². The molecule has 2 heterocycles. The molecule has 1 unspecified atom stereocenters. The zero-order valence-corrected chi connectivity index (χ0v) is 15.3. The third-order valence-electron chi connectivity index (χ3n) is 4.50. The van der Waals surface area contributed by atoms with Gasteiger partial charge < -0.3 is 20.2 Å². The molecule has 0 amide bonds. The highest BCUT2D eigenvalue weighted by atomic mass is 16.3. The summed E-state index contributed by atoms with van der Waals surface area (Å²) in [6.45, 7) is 6.26. The summed E-state index contributed by atoms with van der Waals surface area (Å²) in [5.41, 5.74) is 2.79. The standard InChI is InChI=1S/C20H28N4O2/c1-2-21-20(23-13-19-8-5-11-26-19)22-12-18(25)15-24-10-9-16-6-3-4-7-17(16)14-24/h3-8,11,18,25H,2,9-10,12-15H2,1H3,(H2,21,22,23). The number of fused-ring (bicyclic) bond motifs is 1. The van der Waals surface area contributed by atoms with Crippen LogP contribution in [0.3, 0.4) is 0 Å². The Balaban J connectivity index is 1.46. The number of benzene rings is 1. The number of rotatable bonds is 7. The molecule has 0 radical (unpaired) electrons. The first-order valence-corrected chi connectivity index (χ1v) is 9.26. The Labute approximate surface area is 154 Å². The van der Waals surface area contributed by atoms with Crippen molar-refractivity contribution in [2.45, 2.75) is 32.5 Å². The number of β-amino-alcohol motifs (C(OH)–C–C–N with tert-alkyl or cyclic N) is 1. The lowest BCUT2D eigenvalue weighted by Gasteiger charge is -2.30. The van der Waals surface area contributed by atoms with Crippen molar-refractivity contribution in [1.29, 1.82) is 0 Å². The normalized spacial score (nSPS) is 16.2. The molecule has 1 aliphatic heterocycles. The lowest BCUT2D eigenvalue weighted by atomic mass is 10.00. The predicted molar refractivity (Wildman–Crippen MR) is 103 cm³/mol. The summed E-state index contributed by atoms with van der Waals surface area (Å²) in [5, 5.41) is 16.8. The highest BCUT2D eigenvalue weighted by Gasteiger charge is 2.18. The molecular formula is C20H28N4O2. The van der Waals surface area contributed by atoms with Crippen LogP contribution in [0.1, 0.15) is 23.8 Å². The van der Waals surface area contributed by atoms with Gasteiger partial charge in [-0.15, -0.1) is 0 Å². The van der Waals surface area contributed by atoms with Gasteiger partial charge in [0.2, 0.25) is 0 Å². The fourth-order valence-electron chi connectivity index (χ4n) is 3.19. The van der Waals surface area contributed by atoms with E-state index in [0.717, 1.165) is 31.8 Å². The number of guanidine groups is 1. The van der Waals surface area contributed by atoms with E-state index in [1.807, 2.05) is 19.1 Å². The smallest absolute Gasteiger partial charge is 0.191 e. The maximum absolute atomic E-state index is 10.4. The SMILES string of the molecule is CCNC(=NCc1ccco1)NCC(O)CN1CCc2ccccc2C1. The molecular weight excluding hydrogens is 328 g/mol. The van der Waals surface area contributed by atoms with Crippen molar-refractivity contribution in [2.75, 3.05) is 26.2 Å². The third-order valence-corrected chi connectivity index (χ3v) is 4.50. The molecule has 0 saturated carbocycles. The molecule has 3 rings (SSSR count). The van der Waals surface area contributed by atoms with Gasteiger partial charge >= 0.3 is 0 Å². The zero-order valence-electron chi connectivity index (χ0n) is 15.3. The van der Waals surface area contributed by atoms with Crippen LogP contribution >= 0.6 is 0 Å². The number of hydrogen-bond donors (Lipinski definition) is 3. The number of nitrogens with zero attached hydrogens (tertiary/aromatic N) is 2. The fourth-order valence-corrected chi connectivity index (χ4v) is 3.19. The van der Waals surface area contributed by atoms with Crippen LogP contribution in [0.25, 0.3) is 0 Å². The summed E-state index contributed by atoms with van der Waals surface area (Å²) < 4.78 is 5.30. The fraction of sp³-hybridized carbons (Fsp3) is 0.450. The summed E-state index contributed by atoms with van der Waals surface area (Å²) in [6, 6.07) is 12.3. The maximum Gasteiger partial charge on any atom is 0.191 e. The minimum absolute atomic E-state index is 0.451. The number of aliphatic hydroxyl groups excluding tert-OH is 1. The van der Waals surface area contributed by atoms with Crippen molar-refractivity contribution in [3.05, 3.63) is 59.5 Å². The molecule has 0 bridgehead atoms. The van der Waals surface area contributed by atoms with E-state index < -0.39 is 6.10 Å². The van der Waals surface area contributed by atoms with Gasteiger partial charge in [-0.05, 0) is 36.6 Å². The molecule has 2 aromatic rings. The van der Waals surface area contributed by atoms with Gasteiger partial charge in [-0.2, -0.15) is 0 Å². The Morgan fingerprint density at radius 2 is 2.08 bits per heavy atom. The second kappa shape index (κ2) is 9.40. The van der Waals surface area contributed by atoms with Gasteiger partial charge in [0.1, 0.15) is 12.3 Å². The van der Waals surface area contributed by atoms with Crippen LogP contribution in [-0.4, -0.2) is 48.2 Å². The van der Waals surface area contributed by atoms with Gasteiger partial charge in [0.25, 0.3) is 0 Å². The van der Waals surface area contributed by atoms with Gasteiger partial charge in [-0.3, -0.25) is 4.90 Å². The van der Waals surface area contributed by atoms with E-state index in [2.05, 4.69) is 44.8 Å². The van der Waals surface area contributed by atoms with Crippen molar-refractivity contribution < 1.29 is 9.52 Å². The van der Waals surface area contributed by atoms with E-state index in [9.17, 15) is 5.11 Å². The molecule has 0 fully saturated rings. The topological polar surface area (TPSA) is 73.0 Å². The summed E-state index contributed by atoms with van der Waals surface area (Å²) in [7, 11) is 0. The lowest BCUT2D eigenvalue weighted by molar-refractivity contribution is 0.108. The van der Waals surface area contributed by atoms with Gasteiger partial charge in [0.15, 0.2) is 5.96 Å². The molecule has 140 valence electrons. The van der Waals surface area contributed by atoms with Crippen molar-refractivity contribution in [3.8, 4) is 0 Å². The Hall–Kier alpha value is -2.31. The largest absolute Gasteiger partial charge is 0.467 e. The van der Waals surface area contributed by atoms with Crippen molar-refractivity contribution >= 4 is 5.96 Å². The van der Waals surface area contributed by atoms with E-state index in [1.54, 1.807) is 6.26 Å². The Kier molecular flexibility index (Phi) is 6.68. The minimum atomic E-state index is -0.451. The monoisotopic (exact) mass is 356 g/mol. The quantitative estimate of drug-likeness (QED) is 0.521. The van der Waals surface area contributed by atoms with Crippen molar-refractivity contribution in [1.82, 2.24) is 15.5 Å². The highest BCUT2D eigenvalue weighted by Crippen LogP contribution is 2.18. The third kappa shape index (κ3) is 5.34. The van der Waals surface area contributed by atoms with Gasteiger partial charge in [0.05, 0.1) is 12.4 Å². The first kappa shape index (κ1) is 18.5. The van der Waals surface area contributed by atoms with Crippen LogP contribution in [0.15, 0.2) is 52.1 Å². The molecule has 6 nitrogen and oxygen atoms in total. The molecule has 0 spiro atoms. The molecule has 1 atom stereocenters. The number of aliphatic imine (C=N–C) groups is 1. The van der Waals surface area contributed by atoms with E-state index in [0.29, 0.717) is 25.6 Å². The van der Waals surface area contributed by atoms with Crippen LogP contribution in [0.5, 0.6) is 0 Å². The summed E-state index contributed by atoms with van der Waals surface area (Å²) in [6.07, 6.45) is 2.24. The Bertz CT molecular complexity index is 700. The first-order valence-electron chi connectivity index (χ1n) is 9.26. The number of aliphatic hydroxyl groups is 1. The average molecular weight is 356 g/mol. The number of nitrogens with one attached hydrogen (secondary N) is 2. The van der Waals surface area contributed by atoms with Crippen LogP contribution in [0, 0.1) is 0 Å². The van der Waals surface area contributed by atoms with Gasteiger partial charge in [-0.25, -0.2) is 4.99 Å². The predicted octanol–water partition coefficient (Wildman–Crippen LogP) is 1.75. The average Bonchev–Trinajstić information content (AvgIpc) is 3.17. The minimum Gasteiger partial charge on any atom is -0.467 e. The Morgan fingerprint density at radius 1 is 1.23 bits per heavy atom. The van der Waals surface area contributed by atoms with E-state index in [4.69, 9.17) is 4.42 Å². The molecule has 3 N–H and O–H groups in total. The summed E-state index contributed by atoms with van der Waals surface area (Å²) in [4.78, 5) is 6.79. The highest BCUT2D eigenvalue weighted by molar-refractivity contribution is 5.79. The molecule has 26 heavy (non-hydrogen) atoms. The number of hydrogen-bond acceptors (Lipinski definition) is 4. The van der Waals surface area contributed by atoms with Crippen LogP contribution in [0.4, 0.5) is 0 Å². The number of furan rings is 1. The van der Waals surface area contributed by atoms with Gasteiger partial charge in [-0.1, -0.05) is 24.3 Å². The van der Waals surface area contributed by atoms with Gasteiger partial charge in [0, 0.05) is 32.7 Å². The summed E-state index contributed by atoms with van der Waals surface area (Å²) in [5.74, 6) is 1.50. The second-order valence-corrected chi connectivity index (χ2v) is 6.56.